The Morgan fingerprint density at radius 1 is 0.575 bits per heavy atom. The Morgan fingerprint density at radius 2 is 1.18 bits per heavy atom. The summed E-state index contributed by atoms with van der Waals surface area (Å²) in [5.74, 6) is 3.10. The fourth-order valence-electron chi connectivity index (χ4n) is 4.63. The number of aromatic nitrogens is 1. The van der Waals surface area contributed by atoms with Gasteiger partial charge >= 0.3 is 6.01 Å². The van der Waals surface area contributed by atoms with Gasteiger partial charge in [-0.05, 0) is 65.7 Å². The van der Waals surface area contributed by atoms with E-state index in [1.807, 2.05) is 119 Å². The lowest BCUT2D eigenvalue weighted by Crippen LogP contribution is -1.99. The van der Waals surface area contributed by atoms with Crippen LogP contribution in [-0.2, 0) is 0 Å². The van der Waals surface area contributed by atoms with Crippen molar-refractivity contribution in [2.45, 2.75) is 13.8 Å². The molecule has 0 saturated carbocycles. The molecule has 6 rings (SSSR count). The Morgan fingerprint density at radius 3 is 1.90 bits per heavy atom. The monoisotopic (exact) mass is 523 g/mol. The quantitative estimate of drug-likeness (QED) is 0.200. The summed E-state index contributed by atoms with van der Waals surface area (Å²) >= 11 is 0. The van der Waals surface area contributed by atoms with Crippen LogP contribution in [0.3, 0.4) is 0 Å². The second-order valence-electron chi connectivity index (χ2n) is 9.67. The average Bonchev–Trinajstić information content (AvgIpc) is 3.25. The molecular weight excluding hydrogens is 494 g/mol. The first-order valence-corrected chi connectivity index (χ1v) is 13.2. The largest absolute Gasteiger partial charge is 0.495 e. The summed E-state index contributed by atoms with van der Waals surface area (Å²) in [6.07, 6.45) is 1.84. The first-order valence-electron chi connectivity index (χ1n) is 13.2. The number of nitrogens with zero attached hydrogens (tertiary/aromatic N) is 3. The molecule has 0 atom stereocenters. The van der Waals surface area contributed by atoms with E-state index in [0.717, 1.165) is 56.8 Å². The third kappa shape index (κ3) is 5.32. The summed E-state index contributed by atoms with van der Waals surface area (Å²) in [6, 6.07) is 41.4. The Kier molecular flexibility index (Phi) is 6.80. The molecule has 194 valence electrons. The molecule has 0 fully saturated rings. The van der Waals surface area contributed by atoms with Gasteiger partial charge in [-0.15, -0.1) is 0 Å². The maximum atomic E-state index is 6.29. The maximum absolute atomic E-state index is 6.29. The molecule has 0 unspecified atom stereocenters. The molecule has 5 aromatic rings. The van der Waals surface area contributed by atoms with Gasteiger partial charge in [0.1, 0.15) is 23.0 Å². The third-order valence-electron chi connectivity index (χ3n) is 6.96. The number of hydrogen-bond donors (Lipinski definition) is 0. The number of rotatable bonds is 7. The van der Waals surface area contributed by atoms with Gasteiger partial charge < -0.3 is 9.47 Å². The second kappa shape index (κ2) is 10.9. The first-order chi connectivity index (χ1) is 19.5. The fraction of sp³-hybridized carbons (Fsp3) is 0.0857. The minimum atomic E-state index is 0.745. The van der Waals surface area contributed by atoms with Crippen LogP contribution < -0.4 is 9.47 Å². The molecule has 0 bridgehead atoms. The first kappa shape index (κ1) is 25.1. The minimum Gasteiger partial charge on any atom is -0.457 e. The third-order valence-corrected chi connectivity index (χ3v) is 6.96. The molecule has 1 aromatic heterocycles. The maximum Gasteiger partial charge on any atom is 0.495 e. The van der Waals surface area contributed by atoms with Crippen LogP contribution in [-0.4, -0.2) is 27.2 Å². The predicted octanol–water partition coefficient (Wildman–Crippen LogP) is 8.73. The van der Waals surface area contributed by atoms with Gasteiger partial charge in [0.15, 0.2) is 7.05 Å². The van der Waals surface area contributed by atoms with Gasteiger partial charge in [-0.25, -0.2) is 0 Å². The number of pyridine rings is 1. The van der Waals surface area contributed by atoms with E-state index >= 15 is 0 Å². The van der Waals surface area contributed by atoms with Crippen LogP contribution in [0.15, 0.2) is 133 Å². The summed E-state index contributed by atoms with van der Waals surface area (Å²) < 4.78 is 16.4. The Hall–Kier alpha value is -5.25. The molecule has 4 aromatic carbocycles. The highest BCUT2D eigenvalue weighted by Crippen LogP contribution is 2.32. The standard InChI is InChI=1S/C35H29N3O2/c1-25-26(2)38(24-37(25)3)30-12-9-17-34(23-30)40-33-16-8-11-29(21-33)35-22-28(18-19-36-35)27-10-7-15-32(20-27)39-31-13-5-4-6-14-31/h4-23H,1-3H3/q+2. The van der Waals surface area contributed by atoms with Crippen molar-refractivity contribution in [1.29, 1.82) is 0 Å². The molecule has 2 heterocycles. The topological polar surface area (TPSA) is 37.4 Å². The van der Waals surface area contributed by atoms with E-state index in [9.17, 15) is 0 Å². The molecule has 1 aliphatic rings. The van der Waals surface area contributed by atoms with Crippen molar-refractivity contribution in [2.24, 2.45) is 0 Å². The van der Waals surface area contributed by atoms with Gasteiger partial charge in [-0.2, -0.15) is 0 Å². The van der Waals surface area contributed by atoms with Gasteiger partial charge in [0, 0.05) is 31.7 Å². The molecule has 0 aliphatic carbocycles. The molecule has 40 heavy (non-hydrogen) atoms. The highest BCUT2D eigenvalue weighted by molar-refractivity contribution is 5.72. The van der Waals surface area contributed by atoms with E-state index in [-0.39, 0.29) is 0 Å². The van der Waals surface area contributed by atoms with Crippen LogP contribution in [0.4, 0.5) is 5.69 Å². The summed E-state index contributed by atoms with van der Waals surface area (Å²) in [6.45, 7) is 4.18. The van der Waals surface area contributed by atoms with Gasteiger partial charge in [-0.1, -0.05) is 57.7 Å². The van der Waals surface area contributed by atoms with E-state index in [1.54, 1.807) is 0 Å². The van der Waals surface area contributed by atoms with Crippen LogP contribution in [0.1, 0.15) is 13.8 Å². The van der Waals surface area contributed by atoms with Crippen molar-refractivity contribution in [2.75, 3.05) is 7.05 Å². The molecule has 5 heteroatoms. The van der Waals surface area contributed by atoms with Crippen LogP contribution >= 0.6 is 0 Å². The zero-order chi connectivity index (χ0) is 27.5. The predicted molar refractivity (Wildman–Crippen MR) is 158 cm³/mol. The van der Waals surface area contributed by atoms with Crippen molar-refractivity contribution in [3.05, 3.63) is 133 Å². The highest BCUT2D eigenvalue weighted by Gasteiger charge is 2.29. The molecule has 5 nitrogen and oxygen atoms in total. The Balaban J connectivity index is 1.24. The number of para-hydroxylation sites is 1. The van der Waals surface area contributed by atoms with Crippen molar-refractivity contribution in [3.63, 3.8) is 0 Å². The smallest absolute Gasteiger partial charge is 0.457 e. The summed E-state index contributed by atoms with van der Waals surface area (Å²) in [5.41, 5.74) is 7.28. The molecule has 0 amide bonds. The van der Waals surface area contributed by atoms with Crippen molar-refractivity contribution in [3.8, 4) is 45.4 Å². The summed E-state index contributed by atoms with van der Waals surface area (Å²) in [7, 11) is 2.00. The summed E-state index contributed by atoms with van der Waals surface area (Å²) in [5, 5.41) is 0. The van der Waals surface area contributed by atoms with Crippen LogP contribution in [0.2, 0.25) is 0 Å². The van der Waals surface area contributed by atoms with Gasteiger partial charge in [0.05, 0.1) is 11.8 Å². The molecular formula is C35H29N3O2+2. The molecule has 1 aliphatic heterocycles. The minimum absolute atomic E-state index is 0.745. The zero-order valence-electron chi connectivity index (χ0n) is 22.7. The average molecular weight is 524 g/mol. The van der Waals surface area contributed by atoms with E-state index in [1.165, 1.54) is 5.70 Å². The number of ether oxygens (including phenoxy) is 2. The van der Waals surface area contributed by atoms with Gasteiger partial charge in [0.2, 0.25) is 5.69 Å². The lowest BCUT2D eigenvalue weighted by molar-refractivity contribution is -0.445. The van der Waals surface area contributed by atoms with E-state index in [4.69, 9.17) is 9.47 Å². The molecule has 0 N–H and O–H groups in total. The van der Waals surface area contributed by atoms with Crippen molar-refractivity contribution < 1.29 is 18.6 Å². The zero-order valence-corrected chi connectivity index (χ0v) is 22.7. The van der Waals surface area contributed by atoms with Gasteiger partial charge in [-0.3, -0.25) is 4.98 Å². The Bertz CT molecular complexity index is 1820. The normalized spacial score (nSPS) is 12.7. The van der Waals surface area contributed by atoms with E-state index in [2.05, 4.69) is 43.0 Å². The van der Waals surface area contributed by atoms with E-state index in [0.29, 0.717) is 0 Å². The Labute approximate surface area is 234 Å². The fourth-order valence-corrected chi connectivity index (χ4v) is 4.63. The highest BCUT2D eigenvalue weighted by atomic mass is 16.5. The van der Waals surface area contributed by atoms with Crippen LogP contribution in [0.5, 0.6) is 23.0 Å². The molecule has 0 saturated heterocycles. The lowest BCUT2D eigenvalue weighted by Gasteiger charge is -2.10. The number of hydrogen-bond acceptors (Lipinski definition) is 3. The van der Waals surface area contributed by atoms with E-state index < -0.39 is 0 Å². The molecule has 0 radical (unpaired) electrons. The van der Waals surface area contributed by atoms with Crippen molar-refractivity contribution >= 4 is 11.7 Å². The van der Waals surface area contributed by atoms with Crippen LogP contribution in [0, 0.1) is 0 Å². The van der Waals surface area contributed by atoms with Crippen molar-refractivity contribution in [1.82, 2.24) is 4.98 Å². The number of allylic oxidation sites excluding steroid dienone is 2. The molecule has 0 spiro atoms. The lowest BCUT2D eigenvalue weighted by atomic mass is 10.0. The summed E-state index contributed by atoms with van der Waals surface area (Å²) in [4.78, 5) is 4.65. The van der Waals surface area contributed by atoms with Gasteiger partial charge in [0.25, 0.3) is 11.4 Å². The number of benzene rings is 4. The second-order valence-corrected chi connectivity index (χ2v) is 9.67. The van der Waals surface area contributed by atoms with Crippen LogP contribution in [0.25, 0.3) is 22.4 Å². The SMILES string of the molecule is CC1=C(C)[N+](c2cccc(Oc3cccc(-c4cc(-c5cccc(Oc6ccccc6)c5)ccn4)c3)c2)=C=[N+]1C.